The number of hydrogen-bond donors (Lipinski definition) is 2. The van der Waals surface area contributed by atoms with Gasteiger partial charge >= 0.3 is 0 Å². The molecule has 1 amide bonds. The molecule has 27 heavy (non-hydrogen) atoms. The van der Waals surface area contributed by atoms with E-state index < -0.39 is 0 Å². The number of aryl methyl sites for hydroxylation is 1. The number of carbonyl (C=O) groups excluding carboxylic acids is 2. The van der Waals surface area contributed by atoms with Crippen LogP contribution in [0, 0.1) is 0 Å². The van der Waals surface area contributed by atoms with Crippen LogP contribution in [-0.4, -0.2) is 32.3 Å². The molecule has 1 aliphatic carbocycles. The highest BCUT2D eigenvalue weighted by molar-refractivity contribution is 6.00. The molecule has 7 heteroatoms. The smallest absolute Gasteiger partial charge is 0.251 e. The quantitative estimate of drug-likeness (QED) is 0.696. The number of benzene rings is 2. The number of rotatable bonds is 4. The predicted octanol–water partition coefficient (Wildman–Crippen LogP) is 2.71. The summed E-state index contributed by atoms with van der Waals surface area (Å²) in [7, 11) is 0. The number of fused-ring (bicyclic) bond motifs is 1. The topological polar surface area (TPSA) is 101 Å². The van der Waals surface area contributed by atoms with Gasteiger partial charge in [-0.25, -0.2) is 0 Å². The Morgan fingerprint density at radius 1 is 1.07 bits per heavy atom. The van der Waals surface area contributed by atoms with Crippen LogP contribution in [0.4, 0.5) is 0 Å². The van der Waals surface area contributed by atoms with Crippen LogP contribution in [0.3, 0.4) is 0 Å². The van der Waals surface area contributed by atoms with Gasteiger partial charge in [0.25, 0.3) is 5.91 Å². The van der Waals surface area contributed by atoms with Gasteiger partial charge in [0.1, 0.15) is 0 Å². The minimum atomic E-state index is -0.142. The molecule has 1 aromatic heterocycles. The van der Waals surface area contributed by atoms with E-state index in [-0.39, 0.29) is 11.7 Å². The maximum absolute atomic E-state index is 12.5. The van der Waals surface area contributed by atoms with Crippen molar-refractivity contribution in [3.8, 4) is 11.4 Å². The predicted molar refractivity (Wildman–Crippen MR) is 99.1 cm³/mol. The van der Waals surface area contributed by atoms with Crippen molar-refractivity contribution < 1.29 is 9.59 Å². The molecule has 0 unspecified atom stereocenters. The number of tetrazole rings is 1. The van der Waals surface area contributed by atoms with Crippen LogP contribution in [0.2, 0.25) is 0 Å². The first-order valence-electron chi connectivity index (χ1n) is 8.98. The number of hydrogen-bond acceptors (Lipinski definition) is 5. The molecular formula is C20H19N5O2. The summed E-state index contributed by atoms with van der Waals surface area (Å²) >= 11 is 0. The molecule has 0 aliphatic heterocycles. The molecule has 4 rings (SSSR count). The van der Waals surface area contributed by atoms with Gasteiger partial charge < -0.3 is 5.32 Å². The molecule has 1 heterocycles. The molecule has 2 N–H and O–H groups in total. The van der Waals surface area contributed by atoms with Gasteiger partial charge in [0, 0.05) is 29.7 Å². The third kappa shape index (κ3) is 3.76. The number of aromatic nitrogens is 4. The van der Waals surface area contributed by atoms with Crippen LogP contribution in [0.25, 0.3) is 11.4 Å². The number of nitrogens with one attached hydrogen (secondary N) is 2. The van der Waals surface area contributed by atoms with E-state index in [0.29, 0.717) is 24.4 Å². The van der Waals surface area contributed by atoms with Gasteiger partial charge in [0.15, 0.2) is 5.78 Å². The molecule has 0 bridgehead atoms. The lowest BCUT2D eigenvalue weighted by Gasteiger charge is -2.09. The standard InChI is InChI=1S/C20H19N5O2/c26-18-4-2-1-3-15-11-16(9-10-17(15)18)20(27)21-12-13-5-7-14(8-6-13)19-22-24-25-23-19/h5-11H,1-4,12H2,(H,21,27)(H,22,23,24,25). The van der Waals surface area contributed by atoms with Crippen molar-refractivity contribution in [2.24, 2.45) is 0 Å². The molecule has 0 saturated heterocycles. The van der Waals surface area contributed by atoms with Crippen LogP contribution in [0.5, 0.6) is 0 Å². The highest BCUT2D eigenvalue weighted by atomic mass is 16.1. The third-order valence-electron chi connectivity index (χ3n) is 4.78. The summed E-state index contributed by atoms with van der Waals surface area (Å²) < 4.78 is 0. The highest BCUT2D eigenvalue weighted by Crippen LogP contribution is 2.22. The van der Waals surface area contributed by atoms with E-state index in [1.165, 1.54) is 0 Å². The second kappa shape index (κ2) is 7.49. The Balaban J connectivity index is 1.42. The largest absolute Gasteiger partial charge is 0.348 e. The minimum absolute atomic E-state index is 0.142. The highest BCUT2D eigenvalue weighted by Gasteiger charge is 2.17. The SMILES string of the molecule is O=C(NCc1ccc(-c2nn[nH]n2)cc1)c1ccc2c(c1)CCCCC2=O. The van der Waals surface area contributed by atoms with Crippen molar-refractivity contribution in [3.63, 3.8) is 0 Å². The molecular weight excluding hydrogens is 342 g/mol. The van der Waals surface area contributed by atoms with E-state index in [1.54, 1.807) is 12.1 Å². The average molecular weight is 361 g/mol. The lowest BCUT2D eigenvalue weighted by molar-refractivity contribution is 0.0947. The van der Waals surface area contributed by atoms with E-state index in [0.717, 1.165) is 41.5 Å². The zero-order valence-electron chi connectivity index (χ0n) is 14.7. The fourth-order valence-electron chi connectivity index (χ4n) is 3.29. The third-order valence-corrected chi connectivity index (χ3v) is 4.78. The Morgan fingerprint density at radius 2 is 1.89 bits per heavy atom. The second-order valence-electron chi connectivity index (χ2n) is 6.62. The van der Waals surface area contributed by atoms with E-state index >= 15 is 0 Å². The van der Waals surface area contributed by atoms with Gasteiger partial charge in [-0.3, -0.25) is 9.59 Å². The van der Waals surface area contributed by atoms with Crippen LogP contribution in [0.15, 0.2) is 42.5 Å². The first-order valence-corrected chi connectivity index (χ1v) is 8.98. The van der Waals surface area contributed by atoms with Gasteiger partial charge in [-0.15, -0.1) is 10.2 Å². The molecule has 0 fully saturated rings. The number of H-pyrrole nitrogens is 1. The molecule has 136 valence electrons. The normalized spacial score (nSPS) is 13.7. The average Bonchev–Trinajstić information content (AvgIpc) is 3.18. The molecule has 2 aromatic carbocycles. The summed E-state index contributed by atoms with van der Waals surface area (Å²) in [6.07, 6.45) is 3.34. The first kappa shape index (κ1) is 17.1. The van der Waals surface area contributed by atoms with Crippen molar-refractivity contribution in [2.75, 3.05) is 0 Å². The van der Waals surface area contributed by atoms with Crippen molar-refractivity contribution >= 4 is 11.7 Å². The van der Waals surface area contributed by atoms with Gasteiger partial charge in [0.2, 0.25) is 5.82 Å². The van der Waals surface area contributed by atoms with Gasteiger partial charge in [-0.1, -0.05) is 30.3 Å². The zero-order chi connectivity index (χ0) is 18.6. The number of amides is 1. The summed E-state index contributed by atoms with van der Waals surface area (Å²) in [6.45, 7) is 0.418. The Labute approximate surface area is 156 Å². The Bertz CT molecular complexity index is 965. The fraction of sp³-hybridized carbons (Fsp3) is 0.250. The second-order valence-corrected chi connectivity index (χ2v) is 6.62. The number of Topliss-reactive ketones (excluding diaryl/α,β-unsaturated/α-hetero) is 1. The van der Waals surface area contributed by atoms with Crippen LogP contribution >= 0.6 is 0 Å². The fourth-order valence-corrected chi connectivity index (χ4v) is 3.29. The summed E-state index contributed by atoms with van der Waals surface area (Å²) in [6, 6.07) is 13.0. The monoisotopic (exact) mass is 361 g/mol. The van der Waals surface area contributed by atoms with E-state index in [2.05, 4.69) is 25.9 Å². The van der Waals surface area contributed by atoms with E-state index in [4.69, 9.17) is 0 Å². The molecule has 0 radical (unpaired) electrons. The maximum Gasteiger partial charge on any atom is 0.251 e. The van der Waals surface area contributed by atoms with Crippen molar-refractivity contribution in [1.82, 2.24) is 25.9 Å². The van der Waals surface area contributed by atoms with Crippen LogP contribution in [-0.2, 0) is 13.0 Å². The number of ketones is 1. The molecule has 7 nitrogen and oxygen atoms in total. The van der Waals surface area contributed by atoms with Gasteiger partial charge in [-0.05, 0) is 47.7 Å². The van der Waals surface area contributed by atoms with Crippen molar-refractivity contribution in [1.29, 1.82) is 0 Å². The number of carbonyl (C=O) groups is 2. The summed E-state index contributed by atoms with van der Waals surface area (Å²) in [4.78, 5) is 24.6. The van der Waals surface area contributed by atoms with E-state index in [9.17, 15) is 9.59 Å². The van der Waals surface area contributed by atoms with Crippen LogP contribution in [0.1, 0.15) is 51.1 Å². The maximum atomic E-state index is 12.5. The number of aromatic amines is 1. The zero-order valence-corrected chi connectivity index (χ0v) is 14.7. The Hall–Kier alpha value is -3.35. The van der Waals surface area contributed by atoms with Crippen molar-refractivity contribution in [3.05, 3.63) is 64.7 Å². The Morgan fingerprint density at radius 3 is 2.67 bits per heavy atom. The van der Waals surface area contributed by atoms with Crippen LogP contribution < -0.4 is 5.32 Å². The molecule has 0 saturated carbocycles. The minimum Gasteiger partial charge on any atom is -0.348 e. The number of nitrogens with zero attached hydrogens (tertiary/aromatic N) is 3. The molecule has 1 aliphatic rings. The summed E-state index contributed by atoms with van der Waals surface area (Å²) in [5, 5.41) is 16.8. The molecule has 3 aromatic rings. The van der Waals surface area contributed by atoms with E-state index in [1.807, 2.05) is 30.3 Å². The molecule has 0 spiro atoms. The summed E-state index contributed by atoms with van der Waals surface area (Å²) in [5.74, 6) is 0.568. The lowest BCUT2D eigenvalue weighted by atomic mass is 9.99. The first-order chi connectivity index (χ1) is 13.2. The lowest BCUT2D eigenvalue weighted by Crippen LogP contribution is -2.23. The summed E-state index contributed by atoms with van der Waals surface area (Å²) in [5.41, 5.74) is 4.16. The molecule has 0 atom stereocenters. The Kier molecular flexibility index (Phi) is 4.74. The van der Waals surface area contributed by atoms with Gasteiger partial charge in [0.05, 0.1) is 0 Å². The van der Waals surface area contributed by atoms with Gasteiger partial charge in [-0.2, -0.15) is 5.21 Å². The van der Waals surface area contributed by atoms with Crippen molar-refractivity contribution in [2.45, 2.75) is 32.2 Å².